The molecule has 0 heterocycles. The van der Waals surface area contributed by atoms with Gasteiger partial charge in [-0.05, 0) is 0 Å². The fourth-order valence-corrected chi connectivity index (χ4v) is 2.84. The predicted molar refractivity (Wildman–Crippen MR) is 110 cm³/mol. The van der Waals surface area contributed by atoms with Crippen LogP contribution >= 0.6 is 35.3 Å². The molecule has 0 amide bonds. The molecule has 0 saturated heterocycles. The standard InChI is InChI=1S/C18H22O5S3/c1-4-8-24-11-7-21-12-16(23-18(20)15-26-10-6-3)13-22-17(19)14-25-9-5-2/h1-3,16H,7-15H2. The maximum absolute atomic E-state index is 11.8. The van der Waals surface area contributed by atoms with Crippen LogP contribution in [-0.4, -0.2) is 72.4 Å². The average molecular weight is 415 g/mol. The molecule has 0 saturated carbocycles. The molecule has 1 atom stereocenters. The van der Waals surface area contributed by atoms with Gasteiger partial charge >= 0.3 is 11.9 Å². The van der Waals surface area contributed by atoms with Gasteiger partial charge in [-0.25, -0.2) is 0 Å². The number of esters is 2. The van der Waals surface area contributed by atoms with Gasteiger partial charge in [0.25, 0.3) is 0 Å². The van der Waals surface area contributed by atoms with Crippen LogP contribution in [0.4, 0.5) is 0 Å². The van der Waals surface area contributed by atoms with E-state index in [9.17, 15) is 9.59 Å². The van der Waals surface area contributed by atoms with Crippen LogP contribution in [-0.2, 0) is 23.8 Å². The largest absolute Gasteiger partial charge is 0.461 e. The van der Waals surface area contributed by atoms with Crippen LogP contribution in [0, 0.1) is 37.0 Å². The molecule has 26 heavy (non-hydrogen) atoms. The Hall–Kier alpha value is -1.37. The third kappa shape index (κ3) is 16.1. The number of hydrogen-bond acceptors (Lipinski definition) is 8. The van der Waals surface area contributed by atoms with E-state index in [4.69, 9.17) is 33.5 Å². The summed E-state index contributed by atoms with van der Waals surface area (Å²) in [4.78, 5) is 23.4. The Morgan fingerprint density at radius 2 is 1.42 bits per heavy atom. The minimum absolute atomic E-state index is 0.0709. The second-order valence-electron chi connectivity index (χ2n) is 4.52. The van der Waals surface area contributed by atoms with Crippen LogP contribution in [0.3, 0.4) is 0 Å². The summed E-state index contributed by atoms with van der Waals surface area (Å²) in [6.45, 7) is 0.517. The summed E-state index contributed by atoms with van der Waals surface area (Å²) in [5, 5.41) is 0. The van der Waals surface area contributed by atoms with Crippen LogP contribution in [0.1, 0.15) is 0 Å². The molecule has 0 aromatic heterocycles. The lowest BCUT2D eigenvalue weighted by Crippen LogP contribution is -2.31. The molecule has 0 spiro atoms. The zero-order valence-corrected chi connectivity index (χ0v) is 16.9. The van der Waals surface area contributed by atoms with Crippen molar-refractivity contribution < 1.29 is 23.8 Å². The summed E-state index contributed by atoms with van der Waals surface area (Å²) in [5.74, 6) is 8.99. The van der Waals surface area contributed by atoms with Crippen LogP contribution < -0.4 is 0 Å². The normalized spacial score (nSPS) is 10.8. The van der Waals surface area contributed by atoms with Gasteiger partial charge in [-0.3, -0.25) is 9.59 Å². The van der Waals surface area contributed by atoms with Crippen LogP contribution in [0.2, 0.25) is 0 Å². The molecular weight excluding hydrogens is 392 g/mol. The topological polar surface area (TPSA) is 61.8 Å². The van der Waals surface area contributed by atoms with Gasteiger partial charge in [-0.15, -0.1) is 54.6 Å². The van der Waals surface area contributed by atoms with Crippen LogP contribution in [0.15, 0.2) is 0 Å². The van der Waals surface area contributed by atoms with E-state index in [0.29, 0.717) is 23.9 Å². The molecular formula is C18H22O5S3. The van der Waals surface area contributed by atoms with Gasteiger partial charge in [0.15, 0.2) is 6.10 Å². The molecule has 8 heteroatoms. The van der Waals surface area contributed by atoms with E-state index in [1.54, 1.807) is 11.8 Å². The van der Waals surface area contributed by atoms with E-state index in [1.165, 1.54) is 23.5 Å². The summed E-state index contributed by atoms with van der Waals surface area (Å²) in [7, 11) is 0. The van der Waals surface area contributed by atoms with Crippen molar-refractivity contribution in [2.75, 3.05) is 54.3 Å². The van der Waals surface area contributed by atoms with Gasteiger partial charge in [0, 0.05) is 5.75 Å². The van der Waals surface area contributed by atoms with Crippen LogP contribution in [0.25, 0.3) is 0 Å². The fourth-order valence-electron chi connectivity index (χ4n) is 1.41. The summed E-state index contributed by atoms with van der Waals surface area (Å²) in [6.07, 6.45) is 14.7. The molecule has 0 N–H and O–H groups in total. The van der Waals surface area contributed by atoms with Crippen molar-refractivity contribution >= 4 is 47.2 Å². The highest BCUT2D eigenvalue weighted by Gasteiger charge is 2.17. The van der Waals surface area contributed by atoms with E-state index < -0.39 is 18.0 Å². The zero-order valence-electron chi connectivity index (χ0n) is 14.4. The van der Waals surface area contributed by atoms with Gasteiger partial charge < -0.3 is 14.2 Å². The monoisotopic (exact) mass is 414 g/mol. The van der Waals surface area contributed by atoms with Gasteiger partial charge in [-0.1, -0.05) is 17.8 Å². The lowest BCUT2D eigenvalue weighted by Gasteiger charge is -2.18. The van der Waals surface area contributed by atoms with Crippen LogP contribution in [0.5, 0.6) is 0 Å². The number of rotatable bonds is 15. The first-order chi connectivity index (χ1) is 12.6. The van der Waals surface area contributed by atoms with Crippen molar-refractivity contribution in [3.63, 3.8) is 0 Å². The fraction of sp³-hybridized carbons (Fsp3) is 0.556. The molecule has 0 aromatic rings. The number of carbonyl (C=O) groups excluding carboxylic acids is 2. The Morgan fingerprint density at radius 3 is 2.04 bits per heavy atom. The van der Waals surface area contributed by atoms with Crippen molar-refractivity contribution in [3.05, 3.63) is 0 Å². The Bertz CT molecular complexity index is 530. The first kappa shape index (κ1) is 24.6. The summed E-state index contributed by atoms with van der Waals surface area (Å²) in [6, 6.07) is 0. The summed E-state index contributed by atoms with van der Waals surface area (Å²) >= 11 is 4.12. The quantitative estimate of drug-likeness (QED) is 0.227. The molecule has 0 aliphatic rings. The highest BCUT2D eigenvalue weighted by molar-refractivity contribution is 8.00. The Morgan fingerprint density at radius 1 is 0.846 bits per heavy atom. The highest BCUT2D eigenvalue weighted by Crippen LogP contribution is 2.05. The van der Waals surface area contributed by atoms with Crippen molar-refractivity contribution in [1.82, 2.24) is 0 Å². The Kier molecular flexibility index (Phi) is 17.5. The molecule has 1 unspecified atom stereocenters. The molecule has 0 aliphatic carbocycles. The Labute approximate surface area is 168 Å². The average Bonchev–Trinajstić information content (AvgIpc) is 2.62. The predicted octanol–water partition coefficient (Wildman–Crippen LogP) is 1.56. The summed E-state index contributed by atoms with van der Waals surface area (Å²) in [5.41, 5.74) is 0. The van der Waals surface area contributed by atoms with E-state index >= 15 is 0 Å². The number of thioether (sulfide) groups is 3. The third-order valence-corrected chi connectivity index (χ3v) is 4.85. The van der Waals surface area contributed by atoms with E-state index in [0.717, 1.165) is 5.75 Å². The Balaban J connectivity index is 4.24. The highest BCUT2D eigenvalue weighted by atomic mass is 32.2. The third-order valence-electron chi connectivity index (χ3n) is 2.40. The number of hydrogen-bond donors (Lipinski definition) is 0. The zero-order chi connectivity index (χ0) is 19.5. The van der Waals surface area contributed by atoms with Crippen molar-refractivity contribution in [3.8, 4) is 37.0 Å². The van der Waals surface area contributed by atoms with Crippen molar-refractivity contribution in [1.29, 1.82) is 0 Å². The molecule has 0 radical (unpaired) electrons. The van der Waals surface area contributed by atoms with Gasteiger partial charge in [0.2, 0.25) is 0 Å². The minimum atomic E-state index is -0.673. The maximum Gasteiger partial charge on any atom is 0.316 e. The number of terminal acetylenes is 3. The minimum Gasteiger partial charge on any atom is -0.461 e. The second-order valence-corrected chi connectivity index (χ2v) is 7.60. The molecule has 0 rings (SSSR count). The lowest BCUT2D eigenvalue weighted by atomic mass is 10.4. The van der Waals surface area contributed by atoms with E-state index in [-0.39, 0.29) is 24.7 Å². The van der Waals surface area contributed by atoms with Crippen molar-refractivity contribution in [2.45, 2.75) is 6.10 Å². The first-order valence-corrected chi connectivity index (χ1v) is 11.1. The molecule has 0 bridgehead atoms. The SMILES string of the molecule is C#CCSCCOCC(COC(=O)CSCC#C)OC(=O)CSCC#C. The first-order valence-electron chi connectivity index (χ1n) is 7.60. The van der Waals surface area contributed by atoms with E-state index in [1.807, 2.05) is 0 Å². The second kappa shape index (κ2) is 18.4. The lowest BCUT2D eigenvalue weighted by molar-refractivity contribution is -0.159. The van der Waals surface area contributed by atoms with Gasteiger partial charge in [0.05, 0.1) is 42.0 Å². The number of carbonyl (C=O) groups is 2. The summed E-state index contributed by atoms with van der Waals surface area (Å²) < 4.78 is 15.9. The molecule has 5 nitrogen and oxygen atoms in total. The van der Waals surface area contributed by atoms with Crippen molar-refractivity contribution in [2.24, 2.45) is 0 Å². The molecule has 0 fully saturated rings. The molecule has 142 valence electrons. The van der Waals surface area contributed by atoms with Gasteiger partial charge in [-0.2, -0.15) is 0 Å². The number of ether oxygens (including phenoxy) is 3. The van der Waals surface area contributed by atoms with Gasteiger partial charge in [0.1, 0.15) is 6.61 Å². The molecule has 0 aromatic carbocycles. The molecule has 0 aliphatic heterocycles. The maximum atomic E-state index is 11.8. The van der Waals surface area contributed by atoms with E-state index in [2.05, 4.69) is 17.8 Å². The smallest absolute Gasteiger partial charge is 0.316 e.